The number of benzene rings is 1. The first-order valence-corrected chi connectivity index (χ1v) is 10.4. The average Bonchev–Trinajstić information content (AvgIpc) is 3.10. The minimum Gasteiger partial charge on any atom is -0.468 e. The summed E-state index contributed by atoms with van der Waals surface area (Å²) >= 11 is 3.21. The highest BCUT2D eigenvalue weighted by Crippen LogP contribution is 2.29. The van der Waals surface area contributed by atoms with Gasteiger partial charge in [-0.3, -0.25) is 14.5 Å². The van der Waals surface area contributed by atoms with E-state index in [0.717, 1.165) is 21.0 Å². The van der Waals surface area contributed by atoms with Gasteiger partial charge in [0.1, 0.15) is 10.3 Å². The lowest BCUT2D eigenvalue weighted by Gasteiger charge is -2.33. The monoisotopic (exact) mass is 393 g/mol. The van der Waals surface area contributed by atoms with Gasteiger partial charge in [-0.25, -0.2) is 4.98 Å². The Kier molecular flexibility index (Phi) is 6.16. The maximum absolute atomic E-state index is 12.7. The van der Waals surface area contributed by atoms with Crippen LogP contribution in [0.1, 0.15) is 18.0 Å². The molecule has 140 valence electrons. The highest BCUT2D eigenvalue weighted by atomic mass is 32.2. The number of aromatic nitrogens is 1. The first kappa shape index (κ1) is 19.1. The van der Waals surface area contributed by atoms with Crippen LogP contribution < -0.4 is 0 Å². The Morgan fingerprint density at radius 3 is 2.92 bits per heavy atom. The van der Waals surface area contributed by atoms with Gasteiger partial charge < -0.3 is 9.64 Å². The second-order valence-corrected chi connectivity index (χ2v) is 8.71. The molecule has 1 amide bonds. The van der Waals surface area contributed by atoms with Crippen LogP contribution in [0.3, 0.4) is 0 Å². The topological polar surface area (TPSA) is 62.7 Å². The summed E-state index contributed by atoms with van der Waals surface area (Å²) in [6.07, 6.45) is 0. The Labute approximate surface area is 161 Å². The van der Waals surface area contributed by atoms with E-state index in [9.17, 15) is 9.59 Å². The van der Waals surface area contributed by atoms with E-state index in [1.165, 1.54) is 7.11 Å². The number of likely N-dealkylation sites (N-methyl/N-ethyl adjacent to an activating group) is 1. The van der Waals surface area contributed by atoms with Gasteiger partial charge in [0.05, 0.1) is 29.9 Å². The summed E-state index contributed by atoms with van der Waals surface area (Å²) in [6, 6.07) is 8.11. The van der Waals surface area contributed by atoms with Gasteiger partial charge >= 0.3 is 5.97 Å². The Balaban J connectivity index is 1.62. The molecule has 0 radical (unpaired) electrons. The predicted molar refractivity (Wildman–Crippen MR) is 106 cm³/mol. The van der Waals surface area contributed by atoms with Gasteiger partial charge in [-0.15, -0.1) is 23.1 Å². The molecule has 0 spiro atoms. The van der Waals surface area contributed by atoms with Gasteiger partial charge in [-0.1, -0.05) is 12.1 Å². The second-order valence-electron chi connectivity index (χ2n) is 6.33. The standard InChI is InChI=1S/C18H23N3O3S2/c1-12(17-19-13-6-4-5-7-14(13)26-17)20(2)11-16(22)21-8-9-25-15(10-21)18(23)24-3/h4-7,12,15H,8-11H2,1-3H3/t12-,15+/m1/s1. The number of thioether (sulfide) groups is 1. The van der Waals surface area contributed by atoms with Crippen LogP contribution in [0.2, 0.25) is 0 Å². The lowest BCUT2D eigenvalue weighted by atomic mass is 10.3. The molecule has 0 saturated carbocycles. The number of hydrogen-bond acceptors (Lipinski definition) is 7. The van der Waals surface area contributed by atoms with Crippen molar-refractivity contribution in [2.75, 3.05) is 39.5 Å². The van der Waals surface area contributed by atoms with Gasteiger partial charge in [0, 0.05) is 18.8 Å². The largest absolute Gasteiger partial charge is 0.468 e. The Morgan fingerprint density at radius 2 is 2.19 bits per heavy atom. The molecule has 2 aromatic rings. The van der Waals surface area contributed by atoms with Crippen LogP contribution in [0.15, 0.2) is 24.3 Å². The molecule has 8 heteroatoms. The number of fused-ring (bicyclic) bond motifs is 1. The summed E-state index contributed by atoms with van der Waals surface area (Å²) in [7, 11) is 3.32. The predicted octanol–water partition coefficient (Wildman–Crippen LogP) is 2.41. The minimum absolute atomic E-state index is 0.0367. The molecular formula is C18H23N3O3S2. The number of carbonyl (C=O) groups is 2. The number of ether oxygens (including phenoxy) is 1. The summed E-state index contributed by atoms with van der Waals surface area (Å²) in [5, 5.41) is 0.716. The molecule has 1 saturated heterocycles. The summed E-state index contributed by atoms with van der Waals surface area (Å²) < 4.78 is 5.96. The fourth-order valence-electron chi connectivity index (χ4n) is 2.86. The number of hydrogen-bond donors (Lipinski definition) is 0. The zero-order valence-corrected chi connectivity index (χ0v) is 16.8. The highest BCUT2D eigenvalue weighted by Gasteiger charge is 2.30. The minimum atomic E-state index is -0.287. The second kappa shape index (κ2) is 8.37. The molecule has 1 aromatic heterocycles. The molecule has 2 heterocycles. The van der Waals surface area contributed by atoms with Crippen LogP contribution in [0.4, 0.5) is 0 Å². The fourth-order valence-corrected chi connectivity index (χ4v) is 5.07. The molecule has 2 atom stereocenters. The number of methoxy groups -OCH3 is 1. The molecular weight excluding hydrogens is 370 g/mol. The molecule has 6 nitrogen and oxygen atoms in total. The highest BCUT2D eigenvalue weighted by molar-refractivity contribution is 8.00. The number of rotatable bonds is 5. The van der Waals surface area contributed by atoms with E-state index < -0.39 is 0 Å². The van der Waals surface area contributed by atoms with Crippen LogP contribution in [-0.2, 0) is 14.3 Å². The molecule has 0 aliphatic carbocycles. The van der Waals surface area contributed by atoms with E-state index in [1.807, 2.05) is 30.1 Å². The van der Waals surface area contributed by atoms with Gasteiger partial charge in [0.25, 0.3) is 0 Å². The van der Waals surface area contributed by atoms with Gasteiger partial charge in [0.15, 0.2) is 0 Å². The summed E-state index contributed by atoms with van der Waals surface area (Å²) in [5.74, 6) is 0.529. The van der Waals surface area contributed by atoms with Crippen LogP contribution >= 0.6 is 23.1 Å². The number of amides is 1. The summed E-state index contributed by atoms with van der Waals surface area (Å²) in [6.45, 7) is 3.45. The zero-order chi connectivity index (χ0) is 18.7. The number of thiazole rings is 1. The molecule has 26 heavy (non-hydrogen) atoms. The van der Waals surface area contributed by atoms with Crippen LogP contribution in [0.5, 0.6) is 0 Å². The number of carbonyl (C=O) groups excluding carboxylic acids is 2. The summed E-state index contributed by atoms with van der Waals surface area (Å²) in [4.78, 5) is 32.9. The Hall–Kier alpha value is -1.64. The lowest BCUT2D eigenvalue weighted by Crippen LogP contribution is -2.48. The molecule has 1 aromatic carbocycles. The van der Waals surface area contributed by atoms with Crippen molar-refractivity contribution < 1.29 is 14.3 Å². The van der Waals surface area contributed by atoms with Gasteiger partial charge in [-0.2, -0.15) is 0 Å². The Bertz CT molecular complexity index is 762. The third-order valence-corrected chi connectivity index (χ3v) is 6.97. The zero-order valence-electron chi connectivity index (χ0n) is 15.2. The summed E-state index contributed by atoms with van der Waals surface area (Å²) in [5.41, 5.74) is 0.994. The van der Waals surface area contributed by atoms with Crippen molar-refractivity contribution in [3.05, 3.63) is 29.3 Å². The SMILES string of the molecule is COC(=O)[C@@H]1CN(C(=O)CN(C)[C@H](C)c2nc3ccccc3s2)CCS1. The Morgan fingerprint density at radius 1 is 1.42 bits per heavy atom. The number of para-hydroxylation sites is 1. The van der Waals surface area contributed by atoms with Gasteiger partial charge in [-0.05, 0) is 26.1 Å². The third kappa shape index (κ3) is 4.19. The van der Waals surface area contributed by atoms with Crippen LogP contribution in [-0.4, -0.2) is 71.5 Å². The average molecular weight is 394 g/mol. The maximum Gasteiger partial charge on any atom is 0.320 e. The van der Waals surface area contributed by atoms with E-state index >= 15 is 0 Å². The van der Waals surface area contributed by atoms with Crippen molar-refractivity contribution in [3.8, 4) is 0 Å². The van der Waals surface area contributed by atoms with Crippen molar-refractivity contribution in [2.24, 2.45) is 0 Å². The third-order valence-electron chi connectivity index (χ3n) is 4.60. The van der Waals surface area contributed by atoms with Crippen molar-refractivity contribution >= 4 is 45.2 Å². The van der Waals surface area contributed by atoms with Crippen LogP contribution in [0, 0.1) is 0 Å². The first-order valence-electron chi connectivity index (χ1n) is 8.52. The van der Waals surface area contributed by atoms with Gasteiger partial charge in [0.2, 0.25) is 5.91 Å². The van der Waals surface area contributed by atoms with E-state index in [4.69, 9.17) is 4.74 Å². The van der Waals surface area contributed by atoms with Crippen molar-refractivity contribution in [1.29, 1.82) is 0 Å². The maximum atomic E-state index is 12.7. The molecule has 3 rings (SSSR count). The quantitative estimate of drug-likeness (QED) is 0.727. The molecule has 1 aliphatic heterocycles. The van der Waals surface area contributed by atoms with E-state index in [0.29, 0.717) is 19.6 Å². The molecule has 0 unspecified atom stereocenters. The normalized spacial score (nSPS) is 18.9. The van der Waals surface area contributed by atoms with E-state index in [2.05, 4.69) is 18.0 Å². The molecule has 1 fully saturated rings. The fraction of sp³-hybridized carbons (Fsp3) is 0.500. The van der Waals surface area contributed by atoms with E-state index in [-0.39, 0.29) is 23.2 Å². The van der Waals surface area contributed by atoms with Crippen molar-refractivity contribution in [3.63, 3.8) is 0 Å². The number of nitrogens with zero attached hydrogens (tertiary/aromatic N) is 3. The first-order chi connectivity index (χ1) is 12.5. The number of esters is 1. The van der Waals surface area contributed by atoms with Crippen molar-refractivity contribution in [2.45, 2.75) is 18.2 Å². The van der Waals surface area contributed by atoms with E-state index in [1.54, 1.807) is 28.0 Å². The smallest absolute Gasteiger partial charge is 0.320 e. The lowest BCUT2D eigenvalue weighted by molar-refractivity contribution is -0.141. The molecule has 0 bridgehead atoms. The molecule has 1 aliphatic rings. The molecule has 0 N–H and O–H groups in total. The van der Waals surface area contributed by atoms with Crippen molar-refractivity contribution in [1.82, 2.24) is 14.8 Å². The van der Waals surface area contributed by atoms with Crippen LogP contribution in [0.25, 0.3) is 10.2 Å².